The molecule has 13 heteroatoms. The Hall–Kier alpha value is -4.03. The summed E-state index contributed by atoms with van der Waals surface area (Å²) in [7, 11) is 1.49. The number of piperidine rings is 3. The van der Waals surface area contributed by atoms with Crippen LogP contribution in [0, 0.1) is 0 Å². The third-order valence-electron chi connectivity index (χ3n) is 10.2. The highest BCUT2D eigenvalue weighted by Crippen LogP contribution is 2.29. The number of halogens is 1. The van der Waals surface area contributed by atoms with Gasteiger partial charge in [-0.05, 0) is 81.4 Å². The lowest BCUT2D eigenvalue weighted by atomic mass is 9.98. The quantitative estimate of drug-likeness (QED) is 0.370. The molecule has 6 rings (SSSR count). The first-order chi connectivity index (χ1) is 23.3. The van der Waals surface area contributed by atoms with Gasteiger partial charge in [-0.1, -0.05) is 36.2 Å². The third-order valence-corrected chi connectivity index (χ3v) is 10.4. The first kappa shape index (κ1) is 33.9. The fraction of sp³-hybridized carbons (Fsp3) is 0.543. The van der Waals surface area contributed by atoms with Gasteiger partial charge >= 0.3 is 12.1 Å². The molecule has 0 aromatic heterocycles. The fourth-order valence-electron chi connectivity index (χ4n) is 7.50. The van der Waals surface area contributed by atoms with Crippen LogP contribution in [0.25, 0.3) is 0 Å². The van der Waals surface area contributed by atoms with Crippen molar-refractivity contribution in [3.63, 3.8) is 0 Å². The average molecular weight is 680 g/mol. The van der Waals surface area contributed by atoms with Crippen LogP contribution in [-0.2, 0) is 16.1 Å². The van der Waals surface area contributed by atoms with E-state index in [0.29, 0.717) is 68.1 Å². The number of anilines is 2. The highest BCUT2D eigenvalue weighted by atomic mass is 35.5. The van der Waals surface area contributed by atoms with Crippen LogP contribution < -0.4 is 20.7 Å². The maximum absolute atomic E-state index is 14.0. The number of urea groups is 2. The largest absolute Gasteiger partial charge is 0.495 e. The summed E-state index contributed by atoms with van der Waals surface area (Å²) in [5.41, 5.74) is 2.26. The number of amides is 6. The standard InChI is InChI=1S/C35H46ClN7O5/c1-48-31-10-9-25(36)21-29(31)37-34(46)38-30(33(45)42-19-11-26(12-20-42)40-15-5-2-6-16-40)22-32(44)41-17-13-27(14-18-41)43-23-24-7-3-4-8-28(24)39-35(43)47/h3-4,7-10,21,26-27,30H,2,5-6,11-20,22-23H2,1H3,(H,39,47)(H2,37,38,46)/t30-/m0/s1. The van der Waals surface area contributed by atoms with Gasteiger partial charge in [-0.2, -0.15) is 0 Å². The molecule has 3 fully saturated rings. The lowest BCUT2D eigenvalue weighted by Crippen LogP contribution is -2.56. The normalized spacial score (nSPS) is 20.0. The molecule has 6 amide bonds. The van der Waals surface area contributed by atoms with Crippen LogP contribution in [0.15, 0.2) is 42.5 Å². The lowest BCUT2D eigenvalue weighted by Gasteiger charge is -2.41. The predicted octanol–water partition coefficient (Wildman–Crippen LogP) is 4.74. The Morgan fingerprint density at radius 1 is 0.917 bits per heavy atom. The minimum atomic E-state index is -1.05. The topological polar surface area (TPSA) is 127 Å². The predicted molar refractivity (Wildman–Crippen MR) is 184 cm³/mol. The van der Waals surface area contributed by atoms with Gasteiger partial charge in [0.25, 0.3) is 0 Å². The van der Waals surface area contributed by atoms with Crippen LogP contribution in [0.2, 0.25) is 5.02 Å². The summed E-state index contributed by atoms with van der Waals surface area (Å²) in [6.45, 7) is 4.84. The summed E-state index contributed by atoms with van der Waals surface area (Å²) in [6, 6.07) is 11.3. The van der Waals surface area contributed by atoms with E-state index in [1.54, 1.807) is 28.0 Å². The number of hydrogen-bond acceptors (Lipinski definition) is 6. The van der Waals surface area contributed by atoms with Crippen molar-refractivity contribution in [2.75, 3.05) is 57.0 Å². The first-order valence-electron chi connectivity index (χ1n) is 17.2. The van der Waals surface area contributed by atoms with Crippen molar-refractivity contribution in [1.82, 2.24) is 24.9 Å². The molecule has 0 unspecified atom stereocenters. The van der Waals surface area contributed by atoms with E-state index in [4.69, 9.17) is 16.3 Å². The molecule has 2 aromatic carbocycles. The number of carbonyl (C=O) groups is 4. The average Bonchev–Trinajstić information content (AvgIpc) is 3.11. The van der Waals surface area contributed by atoms with Crippen LogP contribution >= 0.6 is 11.6 Å². The summed E-state index contributed by atoms with van der Waals surface area (Å²) < 4.78 is 5.36. The Bertz CT molecular complexity index is 1490. The number of carbonyl (C=O) groups excluding carboxylic acids is 4. The number of benzene rings is 2. The highest BCUT2D eigenvalue weighted by Gasteiger charge is 2.36. The van der Waals surface area contributed by atoms with Gasteiger partial charge in [0.05, 0.1) is 19.2 Å². The molecule has 0 spiro atoms. The van der Waals surface area contributed by atoms with E-state index in [1.807, 2.05) is 29.2 Å². The number of nitrogens with zero attached hydrogens (tertiary/aromatic N) is 4. The number of nitrogens with one attached hydrogen (secondary N) is 3. The molecule has 48 heavy (non-hydrogen) atoms. The van der Waals surface area contributed by atoms with Crippen LogP contribution in [0.4, 0.5) is 21.0 Å². The second kappa shape index (κ2) is 15.5. The maximum Gasteiger partial charge on any atom is 0.322 e. The van der Waals surface area contributed by atoms with Gasteiger partial charge in [0.15, 0.2) is 0 Å². The molecular formula is C35H46ClN7O5. The van der Waals surface area contributed by atoms with Gasteiger partial charge in [-0.25, -0.2) is 9.59 Å². The lowest BCUT2D eigenvalue weighted by molar-refractivity contribution is -0.140. The van der Waals surface area contributed by atoms with E-state index in [1.165, 1.54) is 26.4 Å². The molecule has 3 N–H and O–H groups in total. The fourth-order valence-corrected chi connectivity index (χ4v) is 7.67. The van der Waals surface area contributed by atoms with Crippen molar-refractivity contribution in [1.29, 1.82) is 0 Å². The van der Waals surface area contributed by atoms with E-state index >= 15 is 0 Å². The van der Waals surface area contributed by atoms with Crippen molar-refractivity contribution in [3.8, 4) is 5.75 Å². The molecule has 0 bridgehead atoms. The van der Waals surface area contributed by atoms with E-state index < -0.39 is 12.1 Å². The van der Waals surface area contributed by atoms with Crippen LogP contribution in [0.1, 0.15) is 56.9 Å². The highest BCUT2D eigenvalue weighted by molar-refractivity contribution is 6.31. The zero-order valence-electron chi connectivity index (χ0n) is 27.6. The van der Waals surface area contributed by atoms with Crippen molar-refractivity contribution in [2.45, 2.75) is 76.0 Å². The number of likely N-dealkylation sites (tertiary alicyclic amines) is 3. The molecule has 2 aromatic rings. The number of rotatable bonds is 8. The second-order valence-corrected chi connectivity index (χ2v) is 13.6. The molecule has 12 nitrogen and oxygen atoms in total. The van der Waals surface area contributed by atoms with Crippen molar-refractivity contribution < 1.29 is 23.9 Å². The summed E-state index contributed by atoms with van der Waals surface area (Å²) in [6.07, 6.45) is 6.57. The third kappa shape index (κ3) is 7.98. The Kier molecular flexibility index (Phi) is 10.9. The van der Waals surface area contributed by atoms with E-state index in [2.05, 4.69) is 20.9 Å². The summed E-state index contributed by atoms with van der Waals surface area (Å²) >= 11 is 6.16. The zero-order valence-corrected chi connectivity index (χ0v) is 28.3. The molecule has 1 atom stereocenters. The van der Waals surface area contributed by atoms with Crippen molar-refractivity contribution in [3.05, 3.63) is 53.1 Å². The van der Waals surface area contributed by atoms with Crippen molar-refractivity contribution >= 4 is 46.9 Å². The molecular weight excluding hydrogens is 634 g/mol. The second-order valence-electron chi connectivity index (χ2n) is 13.2. The van der Waals surface area contributed by atoms with Gasteiger partial charge in [-0.15, -0.1) is 0 Å². The molecule has 0 aliphatic carbocycles. The van der Waals surface area contributed by atoms with Gasteiger partial charge in [0.2, 0.25) is 11.8 Å². The molecule has 0 saturated carbocycles. The van der Waals surface area contributed by atoms with E-state index in [-0.39, 0.29) is 30.3 Å². The van der Waals surface area contributed by atoms with Crippen molar-refractivity contribution in [2.24, 2.45) is 0 Å². The maximum atomic E-state index is 14.0. The summed E-state index contributed by atoms with van der Waals surface area (Å²) in [5, 5.41) is 8.93. The van der Waals surface area contributed by atoms with Gasteiger partial charge < -0.3 is 40.3 Å². The molecule has 4 heterocycles. The number of ether oxygens (including phenoxy) is 1. The smallest absolute Gasteiger partial charge is 0.322 e. The van der Waals surface area contributed by atoms with Crippen LogP contribution in [0.3, 0.4) is 0 Å². The summed E-state index contributed by atoms with van der Waals surface area (Å²) in [5.74, 6) is -0.0432. The number of hydrogen-bond donors (Lipinski definition) is 3. The van der Waals surface area contributed by atoms with Gasteiger partial charge in [0.1, 0.15) is 11.8 Å². The molecule has 0 radical (unpaired) electrons. The number of para-hydroxylation sites is 1. The van der Waals surface area contributed by atoms with E-state index in [0.717, 1.165) is 37.2 Å². The number of fused-ring (bicyclic) bond motifs is 1. The summed E-state index contributed by atoms with van der Waals surface area (Å²) in [4.78, 5) is 61.7. The monoisotopic (exact) mass is 679 g/mol. The van der Waals surface area contributed by atoms with Crippen LogP contribution in [-0.4, -0.2) is 108 Å². The zero-order chi connectivity index (χ0) is 33.6. The molecule has 4 aliphatic heterocycles. The SMILES string of the molecule is COc1ccc(Cl)cc1NC(=O)N[C@@H](CC(=O)N1CCC(N2Cc3ccccc3NC2=O)CC1)C(=O)N1CCC(N2CCCCC2)CC1. The minimum absolute atomic E-state index is 0.00221. The van der Waals surface area contributed by atoms with Gasteiger partial charge in [0, 0.05) is 55.5 Å². The Labute approximate surface area is 287 Å². The van der Waals surface area contributed by atoms with Crippen LogP contribution in [0.5, 0.6) is 5.75 Å². The molecule has 258 valence electrons. The first-order valence-corrected chi connectivity index (χ1v) is 17.5. The Balaban J connectivity index is 1.09. The van der Waals surface area contributed by atoms with E-state index in [9.17, 15) is 19.2 Å². The molecule has 4 aliphatic rings. The minimum Gasteiger partial charge on any atom is -0.495 e. The van der Waals surface area contributed by atoms with Gasteiger partial charge in [-0.3, -0.25) is 9.59 Å². The Morgan fingerprint density at radius 3 is 2.33 bits per heavy atom. The Morgan fingerprint density at radius 2 is 1.60 bits per heavy atom. The molecule has 3 saturated heterocycles. The number of methoxy groups -OCH3 is 1.